The Balaban J connectivity index is 2.34. The van der Waals surface area contributed by atoms with Gasteiger partial charge in [0.1, 0.15) is 5.82 Å². The summed E-state index contributed by atoms with van der Waals surface area (Å²) in [5, 5.41) is 8.72. The fourth-order valence-corrected chi connectivity index (χ4v) is 2.06. The summed E-state index contributed by atoms with van der Waals surface area (Å²) in [6.07, 6.45) is 1.52. The number of carbonyl (C=O) groups excluding carboxylic acids is 1. The van der Waals surface area contributed by atoms with Crippen LogP contribution in [0.15, 0.2) is 12.1 Å². The Hall–Kier alpha value is -1.42. The van der Waals surface area contributed by atoms with Gasteiger partial charge in [-0.05, 0) is 30.0 Å². The van der Waals surface area contributed by atoms with Crippen LogP contribution in [0.1, 0.15) is 17.5 Å². The van der Waals surface area contributed by atoms with Gasteiger partial charge in [0, 0.05) is 13.7 Å². The van der Waals surface area contributed by atoms with E-state index < -0.39 is 0 Å². The maximum atomic E-state index is 13.7. The Morgan fingerprint density at radius 3 is 2.94 bits per heavy atom. The number of aliphatic hydroxyl groups is 1. The number of rotatable bonds is 3. The number of likely N-dealkylation sites (N-methyl/N-ethyl adjacent to an activating group) is 1. The van der Waals surface area contributed by atoms with Gasteiger partial charge in [0.2, 0.25) is 5.91 Å². The van der Waals surface area contributed by atoms with E-state index in [1.807, 2.05) is 6.07 Å². The van der Waals surface area contributed by atoms with Gasteiger partial charge in [-0.2, -0.15) is 0 Å². The maximum Gasteiger partial charge on any atom is 0.231 e. The predicted molar refractivity (Wildman–Crippen MR) is 58.9 cm³/mol. The van der Waals surface area contributed by atoms with E-state index in [2.05, 4.69) is 0 Å². The van der Waals surface area contributed by atoms with Crippen molar-refractivity contribution in [3.63, 3.8) is 0 Å². The molecule has 3 nitrogen and oxygen atoms in total. The van der Waals surface area contributed by atoms with Crippen LogP contribution in [0, 0.1) is 5.82 Å². The molecule has 0 saturated carbocycles. The van der Waals surface area contributed by atoms with Gasteiger partial charge in [-0.25, -0.2) is 4.39 Å². The summed E-state index contributed by atoms with van der Waals surface area (Å²) >= 11 is 0. The van der Waals surface area contributed by atoms with Crippen molar-refractivity contribution < 1.29 is 14.3 Å². The number of amides is 1. The van der Waals surface area contributed by atoms with E-state index in [9.17, 15) is 9.18 Å². The molecule has 16 heavy (non-hydrogen) atoms. The number of hydrogen-bond donors (Lipinski definition) is 1. The van der Waals surface area contributed by atoms with Crippen LogP contribution >= 0.6 is 0 Å². The maximum absolute atomic E-state index is 13.7. The Kier molecular flexibility index (Phi) is 2.92. The van der Waals surface area contributed by atoms with Crippen molar-refractivity contribution in [2.45, 2.75) is 19.3 Å². The lowest BCUT2D eigenvalue weighted by Gasteiger charge is -2.12. The highest BCUT2D eigenvalue weighted by molar-refractivity contribution is 6.01. The molecule has 0 bridgehead atoms. The molecule has 0 aromatic heterocycles. The smallest absolute Gasteiger partial charge is 0.231 e. The predicted octanol–water partition coefficient (Wildman–Crippen LogP) is 1.27. The highest BCUT2D eigenvalue weighted by Gasteiger charge is 2.27. The van der Waals surface area contributed by atoms with Crippen molar-refractivity contribution >= 4 is 11.6 Å². The first-order valence-electron chi connectivity index (χ1n) is 5.32. The second kappa shape index (κ2) is 4.22. The number of fused-ring (bicyclic) bond motifs is 1. The number of nitrogens with zero attached hydrogens (tertiary/aromatic N) is 1. The molecule has 0 radical (unpaired) electrons. The van der Waals surface area contributed by atoms with Crippen LogP contribution in [0.4, 0.5) is 10.1 Å². The highest BCUT2D eigenvalue weighted by Crippen LogP contribution is 2.31. The second-order valence-electron chi connectivity index (χ2n) is 4.04. The molecule has 1 heterocycles. The number of anilines is 1. The molecule has 4 heteroatoms. The minimum atomic E-state index is -0.348. The molecular formula is C12H14FNO2. The molecule has 1 aliphatic heterocycles. The van der Waals surface area contributed by atoms with Crippen molar-refractivity contribution in [2.24, 2.45) is 0 Å². The number of hydrogen-bond acceptors (Lipinski definition) is 2. The van der Waals surface area contributed by atoms with E-state index in [-0.39, 0.29) is 24.8 Å². The molecule has 1 aromatic rings. The van der Waals surface area contributed by atoms with Crippen molar-refractivity contribution in [3.05, 3.63) is 29.1 Å². The normalized spacial score (nSPS) is 14.4. The highest BCUT2D eigenvalue weighted by atomic mass is 19.1. The zero-order chi connectivity index (χ0) is 11.7. The van der Waals surface area contributed by atoms with E-state index >= 15 is 0 Å². The van der Waals surface area contributed by atoms with Crippen LogP contribution in [0.3, 0.4) is 0 Å². The monoisotopic (exact) mass is 223 g/mol. The van der Waals surface area contributed by atoms with Gasteiger partial charge in [-0.3, -0.25) is 4.79 Å². The summed E-state index contributed by atoms with van der Waals surface area (Å²) in [6.45, 7) is 0.0948. The van der Waals surface area contributed by atoms with Crippen LogP contribution in [-0.2, 0) is 17.6 Å². The van der Waals surface area contributed by atoms with E-state index in [0.717, 1.165) is 11.1 Å². The molecule has 1 amide bonds. The average molecular weight is 223 g/mol. The Morgan fingerprint density at radius 2 is 2.25 bits per heavy atom. The van der Waals surface area contributed by atoms with Crippen molar-refractivity contribution in [1.29, 1.82) is 0 Å². The minimum Gasteiger partial charge on any atom is -0.396 e. The third-order valence-corrected chi connectivity index (χ3v) is 2.88. The lowest BCUT2D eigenvalue weighted by molar-refractivity contribution is -0.117. The van der Waals surface area contributed by atoms with Gasteiger partial charge in [0.15, 0.2) is 0 Å². The standard InChI is InChI=1S/C12H14FNO2/c1-14-11(16)7-9-5-8(3-2-4-15)6-10(13)12(9)14/h5-6,15H,2-4,7H2,1H3. The van der Waals surface area contributed by atoms with Gasteiger partial charge < -0.3 is 10.0 Å². The number of benzene rings is 1. The fourth-order valence-electron chi connectivity index (χ4n) is 2.06. The van der Waals surface area contributed by atoms with E-state index in [4.69, 9.17) is 5.11 Å². The first-order valence-corrected chi connectivity index (χ1v) is 5.32. The largest absolute Gasteiger partial charge is 0.396 e. The summed E-state index contributed by atoms with van der Waals surface area (Å²) < 4.78 is 13.7. The molecule has 0 saturated heterocycles. The second-order valence-corrected chi connectivity index (χ2v) is 4.04. The molecule has 86 valence electrons. The Labute approximate surface area is 93.5 Å². The van der Waals surface area contributed by atoms with Gasteiger partial charge in [-0.1, -0.05) is 6.07 Å². The van der Waals surface area contributed by atoms with E-state index in [1.54, 1.807) is 7.05 Å². The molecule has 0 unspecified atom stereocenters. The van der Waals surface area contributed by atoms with Crippen LogP contribution in [0.25, 0.3) is 0 Å². The molecule has 2 rings (SSSR count). The van der Waals surface area contributed by atoms with Gasteiger partial charge in [-0.15, -0.1) is 0 Å². The quantitative estimate of drug-likeness (QED) is 0.838. The Bertz CT molecular complexity index is 431. The molecule has 0 aliphatic carbocycles. The summed E-state index contributed by atoms with van der Waals surface area (Å²) in [7, 11) is 1.59. The summed E-state index contributed by atoms with van der Waals surface area (Å²) in [6, 6.07) is 3.30. The van der Waals surface area contributed by atoms with Crippen molar-refractivity contribution in [1.82, 2.24) is 0 Å². The van der Waals surface area contributed by atoms with Crippen LogP contribution in [0.5, 0.6) is 0 Å². The first-order chi connectivity index (χ1) is 7.63. The van der Waals surface area contributed by atoms with Gasteiger partial charge in [0.25, 0.3) is 0 Å². The lowest BCUT2D eigenvalue weighted by Crippen LogP contribution is -2.21. The zero-order valence-corrected chi connectivity index (χ0v) is 9.16. The molecular weight excluding hydrogens is 209 g/mol. The van der Waals surface area contributed by atoms with E-state index in [0.29, 0.717) is 18.5 Å². The summed E-state index contributed by atoms with van der Waals surface area (Å²) in [5.41, 5.74) is 1.99. The fraction of sp³-hybridized carbons (Fsp3) is 0.417. The SMILES string of the molecule is CN1C(=O)Cc2cc(CCCO)cc(F)c21. The van der Waals surface area contributed by atoms with Crippen LogP contribution in [-0.4, -0.2) is 24.7 Å². The molecule has 1 aromatic carbocycles. The molecule has 1 aliphatic rings. The summed E-state index contributed by atoms with van der Waals surface area (Å²) in [5.74, 6) is -0.424. The molecule has 0 atom stereocenters. The van der Waals surface area contributed by atoms with Crippen molar-refractivity contribution in [2.75, 3.05) is 18.6 Å². The van der Waals surface area contributed by atoms with E-state index in [1.165, 1.54) is 11.0 Å². The van der Waals surface area contributed by atoms with Crippen molar-refractivity contribution in [3.8, 4) is 0 Å². The van der Waals surface area contributed by atoms with Gasteiger partial charge >= 0.3 is 0 Å². The third kappa shape index (κ3) is 1.80. The number of carbonyl (C=O) groups is 1. The van der Waals surface area contributed by atoms with Crippen LogP contribution < -0.4 is 4.90 Å². The lowest BCUT2D eigenvalue weighted by atomic mass is 10.0. The molecule has 0 spiro atoms. The van der Waals surface area contributed by atoms with Crippen LogP contribution in [0.2, 0.25) is 0 Å². The zero-order valence-electron chi connectivity index (χ0n) is 9.16. The number of aliphatic hydroxyl groups excluding tert-OH is 1. The number of aryl methyl sites for hydroxylation is 1. The average Bonchev–Trinajstić information content (AvgIpc) is 2.52. The first kappa shape index (κ1) is 11.1. The minimum absolute atomic E-state index is 0.0757. The number of halogens is 1. The Morgan fingerprint density at radius 1 is 1.50 bits per heavy atom. The third-order valence-electron chi connectivity index (χ3n) is 2.88. The molecule has 0 fully saturated rings. The summed E-state index contributed by atoms with van der Waals surface area (Å²) in [4.78, 5) is 12.8. The van der Waals surface area contributed by atoms with Gasteiger partial charge in [0.05, 0.1) is 12.1 Å². The topological polar surface area (TPSA) is 40.5 Å². The molecule has 1 N–H and O–H groups in total.